The second-order valence-corrected chi connectivity index (χ2v) is 5.12. The Labute approximate surface area is 121 Å². The van der Waals surface area contributed by atoms with E-state index in [4.69, 9.17) is 0 Å². The fourth-order valence-corrected chi connectivity index (χ4v) is 2.61. The van der Waals surface area contributed by atoms with Crippen molar-refractivity contribution in [2.45, 2.75) is 32.9 Å². The molecule has 2 heterocycles. The number of halogens is 1. The van der Waals surface area contributed by atoms with E-state index in [1.807, 2.05) is 23.3 Å². The van der Waals surface area contributed by atoms with Gasteiger partial charge in [-0.15, -0.1) is 0 Å². The average molecular weight is 324 g/mol. The summed E-state index contributed by atoms with van der Waals surface area (Å²) in [5.74, 6) is 0. The number of hydrogen-bond acceptors (Lipinski definition) is 4. The summed E-state index contributed by atoms with van der Waals surface area (Å²) in [5.41, 5.74) is 2.17. The van der Waals surface area contributed by atoms with Crippen molar-refractivity contribution in [3.05, 3.63) is 40.6 Å². The molecule has 2 aromatic heterocycles. The highest BCUT2D eigenvalue weighted by atomic mass is 79.9. The summed E-state index contributed by atoms with van der Waals surface area (Å²) >= 11 is 3.59. The van der Waals surface area contributed by atoms with Crippen LogP contribution in [0.4, 0.5) is 0 Å². The topological polar surface area (TPSA) is 55.6 Å². The SMILES string of the molecule is CCCn1ncc(Br)c1C(NCC)c1cncnc1. The molecule has 102 valence electrons. The van der Waals surface area contributed by atoms with Gasteiger partial charge in [-0.1, -0.05) is 13.8 Å². The number of nitrogens with zero attached hydrogens (tertiary/aromatic N) is 4. The van der Waals surface area contributed by atoms with E-state index < -0.39 is 0 Å². The van der Waals surface area contributed by atoms with Crippen molar-refractivity contribution in [2.75, 3.05) is 6.54 Å². The van der Waals surface area contributed by atoms with Crippen LogP contribution in [0.2, 0.25) is 0 Å². The van der Waals surface area contributed by atoms with E-state index in [-0.39, 0.29) is 6.04 Å². The minimum Gasteiger partial charge on any atom is -0.305 e. The monoisotopic (exact) mass is 323 g/mol. The van der Waals surface area contributed by atoms with Gasteiger partial charge in [-0.3, -0.25) is 4.68 Å². The van der Waals surface area contributed by atoms with E-state index in [9.17, 15) is 0 Å². The molecule has 2 rings (SSSR count). The van der Waals surface area contributed by atoms with Crippen LogP contribution in [0.5, 0.6) is 0 Å². The van der Waals surface area contributed by atoms with Crippen LogP contribution in [-0.4, -0.2) is 26.3 Å². The van der Waals surface area contributed by atoms with Gasteiger partial charge in [0, 0.05) is 24.5 Å². The van der Waals surface area contributed by atoms with Crippen molar-refractivity contribution in [3.8, 4) is 0 Å². The molecule has 0 saturated carbocycles. The van der Waals surface area contributed by atoms with Gasteiger partial charge in [0.05, 0.1) is 22.4 Å². The Hall–Kier alpha value is -1.27. The van der Waals surface area contributed by atoms with Gasteiger partial charge >= 0.3 is 0 Å². The van der Waals surface area contributed by atoms with Crippen LogP contribution in [0.25, 0.3) is 0 Å². The van der Waals surface area contributed by atoms with Crippen molar-refractivity contribution < 1.29 is 0 Å². The molecule has 0 aliphatic carbocycles. The van der Waals surface area contributed by atoms with Gasteiger partial charge in [0.1, 0.15) is 6.33 Å². The van der Waals surface area contributed by atoms with E-state index in [1.165, 1.54) is 0 Å². The molecule has 2 aromatic rings. The normalized spacial score (nSPS) is 12.6. The third-order valence-corrected chi connectivity index (χ3v) is 3.48. The summed E-state index contributed by atoms with van der Waals surface area (Å²) in [7, 11) is 0. The maximum absolute atomic E-state index is 4.42. The molecule has 5 nitrogen and oxygen atoms in total. The van der Waals surface area contributed by atoms with Crippen molar-refractivity contribution in [1.29, 1.82) is 0 Å². The first-order valence-electron chi connectivity index (χ1n) is 6.47. The highest BCUT2D eigenvalue weighted by molar-refractivity contribution is 9.10. The van der Waals surface area contributed by atoms with Crippen molar-refractivity contribution >= 4 is 15.9 Å². The number of hydrogen-bond donors (Lipinski definition) is 1. The molecule has 1 unspecified atom stereocenters. The first-order chi connectivity index (χ1) is 9.27. The van der Waals surface area contributed by atoms with E-state index in [2.05, 4.69) is 50.2 Å². The molecular weight excluding hydrogens is 306 g/mol. The third-order valence-electron chi connectivity index (χ3n) is 2.86. The Morgan fingerprint density at radius 3 is 2.63 bits per heavy atom. The maximum atomic E-state index is 4.42. The van der Waals surface area contributed by atoms with E-state index in [0.717, 1.165) is 35.2 Å². The molecule has 0 amide bonds. The molecule has 19 heavy (non-hydrogen) atoms. The van der Waals surface area contributed by atoms with Crippen LogP contribution in [0.3, 0.4) is 0 Å². The van der Waals surface area contributed by atoms with Crippen molar-refractivity contribution in [3.63, 3.8) is 0 Å². The highest BCUT2D eigenvalue weighted by Gasteiger charge is 2.21. The molecular formula is C13H18BrN5. The number of aromatic nitrogens is 4. The average Bonchev–Trinajstić information content (AvgIpc) is 2.79. The summed E-state index contributed by atoms with van der Waals surface area (Å²) in [6.45, 7) is 6.00. The van der Waals surface area contributed by atoms with Crippen molar-refractivity contribution in [2.24, 2.45) is 0 Å². The second kappa shape index (κ2) is 6.77. The molecule has 0 fully saturated rings. The van der Waals surface area contributed by atoms with Gasteiger partial charge in [0.25, 0.3) is 0 Å². The maximum Gasteiger partial charge on any atom is 0.115 e. The minimum atomic E-state index is 0.0506. The first-order valence-corrected chi connectivity index (χ1v) is 7.26. The fraction of sp³-hybridized carbons (Fsp3) is 0.462. The van der Waals surface area contributed by atoms with Gasteiger partial charge in [-0.2, -0.15) is 5.10 Å². The molecule has 0 aromatic carbocycles. The Morgan fingerprint density at radius 2 is 2.00 bits per heavy atom. The Balaban J connectivity index is 2.42. The molecule has 0 aliphatic heterocycles. The van der Waals surface area contributed by atoms with Gasteiger partial charge < -0.3 is 5.32 Å². The zero-order chi connectivity index (χ0) is 13.7. The molecule has 6 heteroatoms. The molecule has 0 radical (unpaired) electrons. The van der Waals surface area contributed by atoms with Crippen LogP contribution >= 0.6 is 15.9 Å². The number of aryl methyl sites for hydroxylation is 1. The van der Waals surface area contributed by atoms with Crippen LogP contribution in [-0.2, 0) is 6.54 Å². The number of rotatable bonds is 6. The lowest BCUT2D eigenvalue weighted by molar-refractivity contribution is 0.517. The zero-order valence-electron chi connectivity index (χ0n) is 11.2. The van der Waals surface area contributed by atoms with Gasteiger partial charge in [0.2, 0.25) is 0 Å². The smallest absolute Gasteiger partial charge is 0.115 e. The lowest BCUT2D eigenvalue weighted by Gasteiger charge is -2.19. The summed E-state index contributed by atoms with van der Waals surface area (Å²) in [4.78, 5) is 8.21. The molecule has 0 spiro atoms. The predicted octanol–water partition coefficient (Wildman–Crippen LogP) is 2.54. The summed E-state index contributed by atoms with van der Waals surface area (Å²) in [6.07, 6.45) is 8.13. The van der Waals surface area contributed by atoms with Gasteiger partial charge in [-0.05, 0) is 28.9 Å². The Kier molecular flexibility index (Phi) is 5.04. The third kappa shape index (κ3) is 3.19. The fourth-order valence-electron chi connectivity index (χ4n) is 2.09. The molecule has 0 aliphatic rings. The van der Waals surface area contributed by atoms with Gasteiger partial charge in [-0.25, -0.2) is 9.97 Å². The number of nitrogens with one attached hydrogen (secondary N) is 1. The van der Waals surface area contributed by atoms with Crippen LogP contribution in [0.1, 0.15) is 37.6 Å². The second-order valence-electron chi connectivity index (χ2n) is 4.26. The zero-order valence-corrected chi connectivity index (χ0v) is 12.8. The summed E-state index contributed by atoms with van der Waals surface area (Å²) in [6, 6.07) is 0.0506. The van der Waals surface area contributed by atoms with Crippen molar-refractivity contribution in [1.82, 2.24) is 25.1 Å². The quantitative estimate of drug-likeness (QED) is 0.887. The van der Waals surface area contributed by atoms with E-state index in [0.29, 0.717) is 0 Å². The lowest BCUT2D eigenvalue weighted by Crippen LogP contribution is -2.25. The lowest BCUT2D eigenvalue weighted by atomic mass is 10.1. The minimum absolute atomic E-state index is 0.0506. The van der Waals surface area contributed by atoms with Crippen LogP contribution < -0.4 is 5.32 Å². The van der Waals surface area contributed by atoms with E-state index >= 15 is 0 Å². The molecule has 1 N–H and O–H groups in total. The molecule has 0 bridgehead atoms. The van der Waals surface area contributed by atoms with Crippen LogP contribution in [0, 0.1) is 0 Å². The first kappa shape index (κ1) is 14.1. The summed E-state index contributed by atoms with van der Waals surface area (Å²) in [5, 5.41) is 7.89. The summed E-state index contributed by atoms with van der Waals surface area (Å²) < 4.78 is 3.04. The van der Waals surface area contributed by atoms with E-state index in [1.54, 1.807) is 6.33 Å². The van der Waals surface area contributed by atoms with Crippen LogP contribution in [0.15, 0.2) is 29.4 Å². The molecule has 1 atom stereocenters. The Morgan fingerprint density at radius 1 is 1.26 bits per heavy atom. The largest absolute Gasteiger partial charge is 0.305 e. The molecule has 0 saturated heterocycles. The predicted molar refractivity (Wildman–Crippen MR) is 77.8 cm³/mol. The van der Waals surface area contributed by atoms with Gasteiger partial charge in [0.15, 0.2) is 0 Å². The standard InChI is InChI=1S/C13H18BrN5/c1-3-5-19-13(11(14)8-18-19)12(17-4-2)10-6-15-9-16-7-10/h6-9,12,17H,3-5H2,1-2H3. The highest BCUT2D eigenvalue weighted by Crippen LogP contribution is 2.28. The Bertz CT molecular complexity index is 511.